The summed E-state index contributed by atoms with van der Waals surface area (Å²) in [6, 6.07) is 29.4. The molecule has 7 heteroatoms. The molecule has 1 aliphatic carbocycles. The molecule has 258 valence electrons. The summed E-state index contributed by atoms with van der Waals surface area (Å²) in [7, 11) is 0. The van der Waals surface area contributed by atoms with Gasteiger partial charge in [-0.25, -0.2) is 4.79 Å². The summed E-state index contributed by atoms with van der Waals surface area (Å²) < 4.78 is 11.4. The Morgan fingerprint density at radius 3 is 1.96 bits per heavy atom. The van der Waals surface area contributed by atoms with Crippen LogP contribution in [0, 0.1) is 5.92 Å². The van der Waals surface area contributed by atoms with E-state index in [1.165, 1.54) is 11.1 Å². The van der Waals surface area contributed by atoms with Gasteiger partial charge in [0.25, 0.3) is 0 Å². The summed E-state index contributed by atoms with van der Waals surface area (Å²) in [5.41, 5.74) is 3.23. The van der Waals surface area contributed by atoms with E-state index in [0.29, 0.717) is 5.57 Å². The van der Waals surface area contributed by atoms with Gasteiger partial charge in [-0.15, -0.1) is 0 Å². The van der Waals surface area contributed by atoms with Crippen LogP contribution in [0.1, 0.15) is 77.0 Å². The van der Waals surface area contributed by atoms with Gasteiger partial charge >= 0.3 is 6.09 Å². The van der Waals surface area contributed by atoms with Gasteiger partial charge in [0.05, 0.1) is 13.2 Å². The second kappa shape index (κ2) is 16.6. The van der Waals surface area contributed by atoms with E-state index in [0.717, 1.165) is 29.6 Å². The van der Waals surface area contributed by atoms with Gasteiger partial charge in [-0.1, -0.05) is 110 Å². The zero-order valence-corrected chi connectivity index (χ0v) is 29.6. The van der Waals surface area contributed by atoms with Crippen LogP contribution in [-0.4, -0.2) is 41.6 Å². The summed E-state index contributed by atoms with van der Waals surface area (Å²) in [5, 5.41) is 5.48. The van der Waals surface area contributed by atoms with E-state index in [9.17, 15) is 14.4 Å². The van der Waals surface area contributed by atoms with E-state index in [2.05, 4.69) is 77.9 Å². The third-order valence-corrected chi connectivity index (χ3v) is 8.52. The third kappa shape index (κ3) is 10.6. The Hall–Kier alpha value is -4.75. The number of nitrogens with one attached hydrogen (secondary N) is 2. The molecule has 0 aliphatic heterocycles. The molecule has 0 saturated carbocycles. The van der Waals surface area contributed by atoms with Crippen molar-refractivity contribution in [2.45, 2.75) is 84.1 Å². The van der Waals surface area contributed by atoms with E-state index in [4.69, 9.17) is 9.47 Å². The molecular weight excluding hydrogens is 612 g/mol. The molecular formula is C42H50N2O5. The molecule has 3 aromatic carbocycles. The lowest BCUT2D eigenvalue weighted by Gasteiger charge is -2.30. The Morgan fingerprint density at radius 2 is 1.41 bits per heavy atom. The third-order valence-electron chi connectivity index (χ3n) is 8.52. The van der Waals surface area contributed by atoms with Crippen LogP contribution in [0.25, 0.3) is 0 Å². The highest BCUT2D eigenvalue weighted by Crippen LogP contribution is 2.39. The molecule has 0 spiro atoms. The summed E-state index contributed by atoms with van der Waals surface area (Å²) >= 11 is 0. The maximum atomic E-state index is 14.4. The summed E-state index contributed by atoms with van der Waals surface area (Å²) in [6.07, 6.45) is 5.34. The van der Waals surface area contributed by atoms with E-state index >= 15 is 0 Å². The number of allylic oxidation sites excluding steroid dienone is 4. The van der Waals surface area contributed by atoms with Crippen molar-refractivity contribution >= 4 is 17.8 Å². The minimum absolute atomic E-state index is 0.0732. The molecule has 2 amide bonds. The zero-order chi connectivity index (χ0) is 35.6. The Kier molecular flexibility index (Phi) is 12.5. The predicted molar refractivity (Wildman–Crippen MR) is 195 cm³/mol. The molecule has 3 aromatic rings. The zero-order valence-electron chi connectivity index (χ0n) is 29.6. The van der Waals surface area contributed by atoms with Crippen LogP contribution in [0.15, 0.2) is 126 Å². The number of hydrogen-bond acceptors (Lipinski definition) is 5. The summed E-state index contributed by atoms with van der Waals surface area (Å²) in [4.78, 5) is 40.6. The van der Waals surface area contributed by atoms with Crippen LogP contribution in [0.5, 0.6) is 0 Å². The topological polar surface area (TPSA) is 93.7 Å². The predicted octanol–water partition coefficient (Wildman–Crippen LogP) is 8.23. The number of Topliss-reactive ketones (excluding diaryl/α,β-unsaturated/α-hetero) is 1. The van der Waals surface area contributed by atoms with Crippen molar-refractivity contribution in [2.24, 2.45) is 5.92 Å². The van der Waals surface area contributed by atoms with Crippen LogP contribution in [0.3, 0.4) is 0 Å². The molecule has 0 bridgehead atoms. The van der Waals surface area contributed by atoms with Crippen molar-refractivity contribution in [3.63, 3.8) is 0 Å². The highest BCUT2D eigenvalue weighted by atomic mass is 16.6. The Balaban J connectivity index is 1.63. The first-order valence-electron chi connectivity index (χ1n) is 16.9. The number of carbonyl (C=O) groups excluding carboxylic acids is 3. The molecule has 0 saturated heterocycles. The SMILES string of the molecule is C=C(C(=O)C(COCc1ccccc1)NC(=O)C(C)(C)NC(=O)OC(C)(C)C)C1=CC(C(c2ccccc2)c2ccccc2)CCC=C1C. The molecule has 0 fully saturated rings. The van der Waals surface area contributed by atoms with Crippen molar-refractivity contribution in [1.29, 1.82) is 0 Å². The van der Waals surface area contributed by atoms with Gasteiger partial charge in [-0.05, 0) is 88.1 Å². The smallest absolute Gasteiger partial charge is 0.408 e. The second-order valence-electron chi connectivity index (χ2n) is 14.1. The van der Waals surface area contributed by atoms with Gasteiger partial charge in [0.2, 0.25) is 5.91 Å². The number of benzene rings is 3. The molecule has 0 aromatic heterocycles. The number of amides is 2. The molecule has 2 N–H and O–H groups in total. The van der Waals surface area contributed by atoms with Crippen molar-refractivity contribution in [2.75, 3.05) is 6.61 Å². The lowest BCUT2D eigenvalue weighted by molar-refractivity contribution is -0.131. The Morgan fingerprint density at radius 1 is 0.857 bits per heavy atom. The number of rotatable bonds is 13. The number of ketones is 1. The van der Waals surface area contributed by atoms with Crippen LogP contribution in [0.2, 0.25) is 0 Å². The van der Waals surface area contributed by atoms with Gasteiger partial charge < -0.3 is 20.1 Å². The maximum Gasteiger partial charge on any atom is 0.408 e. The number of carbonyl (C=O) groups is 3. The maximum absolute atomic E-state index is 14.4. The molecule has 1 aliphatic rings. The molecule has 0 heterocycles. The van der Waals surface area contributed by atoms with Gasteiger partial charge in [-0.3, -0.25) is 9.59 Å². The van der Waals surface area contributed by atoms with Crippen molar-refractivity contribution in [1.82, 2.24) is 10.6 Å². The number of alkyl carbamates (subject to hydrolysis) is 1. The van der Waals surface area contributed by atoms with Gasteiger partial charge in [0.15, 0.2) is 5.78 Å². The minimum atomic E-state index is -1.39. The molecule has 4 rings (SSSR count). The van der Waals surface area contributed by atoms with Crippen molar-refractivity contribution in [3.8, 4) is 0 Å². The quantitative estimate of drug-likeness (QED) is 0.180. The molecule has 2 atom stereocenters. The first-order valence-corrected chi connectivity index (χ1v) is 16.9. The lowest BCUT2D eigenvalue weighted by Crippen LogP contribution is -2.59. The standard InChI is InChI=1S/C42H50N2O5/c1-29-18-17-25-34(37(32-21-13-9-14-22-32)33-23-15-10-16-24-33)26-35(29)30(2)38(45)36(28-48-27-31-19-11-8-12-20-31)43-39(46)42(6,7)44-40(47)49-41(3,4)5/h8-16,18-24,26,34,36-37H,2,17,25,27-28H2,1,3-7H3,(H,43,46)(H,44,47). The Bertz CT molecular complexity index is 1610. The fourth-order valence-electron chi connectivity index (χ4n) is 5.99. The molecule has 49 heavy (non-hydrogen) atoms. The highest BCUT2D eigenvalue weighted by Gasteiger charge is 2.36. The van der Waals surface area contributed by atoms with E-state index < -0.39 is 29.2 Å². The summed E-state index contributed by atoms with van der Waals surface area (Å²) in [5.74, 6) is -0.757. The fourth-order valence-corrected chi connectivity index (χ4v) is 5.99. The van der Waals surface area contributed by atoms with E-state index in [-0.39, 0.29) is 30.8 Å². The van der Waals surface area contributed by atoms with Crippen molar-refractivity contribution in [3.05, 3.63) is 143 Å². The van der Waals surface area contributed by atoms with Crippen LogP contribution >= 0.6 is 0 Å². The largest absolute Gasteiger partial charge is 0.444 e. The second-order valence-corrected chi connectivity index (χ2v) is 14.1. The number of ether oxygens (including phenoxy) is 2. The normalized spacial score (nSPS) is 15.7. The Labute approximate surface area is 291 Å². The first-order chi connectivity index (χ1) is 23.2. The van der Waals surface area contributed by atoms with Gasteiger partial charge in [0.1, 0.15) is 17.2 Å². The van der Waals surface area contributed by atoms with Crippen molar-refractivity contribution < 1.29 is 23.9 Å². The summed E-state index contributed by atoms with van der Waals surface area (Å²) in [6.45, 7) is 14.8. The molecule has 2 unspecified atom stereocenters. The van der Waals surface area contributed by atoms with Gasteiger partial charge in [-0.2, -0.15) is 0 Å². The lowest BCUT2D eigenvalue weighted by atomic mass is 9.77. The average Bonchev–Trinajstić information content (AvgIpc) is 3.25. The minimum Gasteiger partial charge on any atom is -0.444 e. The van der Waals surface area contributed by atoms with Crippen LogP contribution < -0.4 is 10.6 Å². The average molecular weight is 663 g/mol. The van der Waals surface area contributed by atoms with Crippen LogP contribution in [0.4, 0.5) is 4.79 Å². The fraction of sp³-hybridized carbons (Fsp3) is 0.357. The van der Waals surface area contributed by atoms with E-state index in [1.807, 2.05) is 49.4 Å². The highest BCUT2D eigenvalue weighted by molar-refractivity contribution is 6.06. The number of hydrogen-bond donors (Lipinski definition) is 2. The van der Waals surface area contributed by atoms with Gasteiger partial charge in [0, 0.05) is 11.5 Å². The first kappa shape index (κ1) is 37.1. The monoisotopic (exact) mass is 662 g/mol. The molecule has 7 nitrogen and oxygen atoms in total. The molecule has 0 radical (unpaired) electrons. The van der Waals surface area contributed by atoms with Crippen LogP contribution in [-0.2, 0) is 25.7 Å². The van der Waals surface area contributed by atoms with E-state index in [1.54, 1.807) is 34.6 Å².